The van der Waals surface area contributed by atoms with Gasteiger partial charge in [-0.1, -0.05) is 32.8 Å². The van der Waals surface area contributed by atoms with Gasteiger partial charge in [-0.2, -0.15) is 5.26 Å². The maximum absolute atomic E-state index is 14.5. The SMILES string of the molecule is CC(F)(F)C1=CCC(F)C(N2CCN(CCC3CCC(C(C)(C)C(=O)CCCC#N)CC3)CC2)C1. The van der Waals surface area contributed by atoms with E-state index in [9.17, 15) is 18.0 Å². The molecule has 1 aliphatic heterocycles. The maximum Gasteiger partial charge on any atom is 0.266 e. The van der Waals surface area contributed by atoms with Gasteiger partial charge in [0.2, 0.25) is 0 Å². The quantitative estimate of drug-likeness (QED) is 0.269. The van der Waals surface area contributed by atoms with Gasteiger partial charge >= 0.3 is 0 Å². The molecule has 0 aromatic heterocycles. The predicted octanol–water partition coefficient (Wildman–Crippen LogP) is 6.17. The zero-order valence-electron chi connectivity index (χ0n) is 21.9. The van der Waals surface area contributed by atoms with Crippen LogP contribution in [-0.4, -0.2) is 66.4 Å². The first kappa shape index (κ1) is 28.2. The summed E-state index contributed by atoms with van der Waals surface area (Å²) in [5, 5.41) is 8.71. The van der Waals surface area contributed by atoms with Crippen LogP contribution in [0.3, 0.4) is 0 Å². The van der Waals surface area contributed by atoms with Gasteiger partial charge in [0.25, 0.3) is 5.92 Å². The lowest BCUT2D eigenvalue weighted by atomic mass is 9.66. The minimum absolute atomic E-state index is 0.0847. The molecule has 3 aliphatic rings. The van der Waals surface area contributed by atoms with E-state index in [1.165, 1.54) is 6.08 Å². The molecule has 0 bridgehead atoms. The van der Waals surface area contributed by atoms with Gasteiger partial charge in [-0.05, 0) is 62.5 Å². The fraction of sp³-hybridized carbons (Fsp3) is 0.857. The Bertz CT molecular complexity index is 769. The maximum atomic E-state index is 14.5. The molecule has 7 heteroatoms. The number of halogens is 3. The Kier molecular flexibility index (Phi) is 9.85. The summed E-state index contributed by atoms with van der Waals surface area (Å²) in [6, 6.07) is 1.70. The highest BCUT2D eigenvalue weighted by Crippen LogP contribution is 2.42. The van der Waals surface area contributed by atoms with E-state index in [-0.39, 0.29) is 23.8 Å². The molecule has 0 N–H and O–H groups in total. The third-order valence-electron chi connectivity index (χ3n) is 9.01. The molecule has 2 unspecified atom stereocenters. The molecule has 0 aromatic carbocycles. The molecular formula is C28H44F3N3O. The Morgan fingerprint density at radius 3 is 2.37 bits per heavy atom. The Morgan fingerprint density at radius 2 is 1.77 bits per heavy atom. The molecule has 35 heavy (non-hydrogen) atoms. The minimum atomic E-state index is -2.86. The number of carbonyl (C=O) groups is 1. The van der Waals surface area contributed by atoms with Crippen molar-refractivity contribution in [3.05, 3.63) is 11.6 Å². The summed E-state index contributed by atoms with van der Waals surface area (Å²) < 4.78 is 42.1. The lowest BCUT2D eigenvalue weighted by molar-refractivity contribution is -0.130. The highest BCUT2D eigenvalue weighted by atomic mass is 19.3. The van der Waals surface area contributed by atoms with Crippen LogP contribution in [0.4, 0.5) is 13.2 Å². The van der Waals surface area contributed by atoms with Crippen LogP contribution in [0.2, 0.25) is 0 Å². The standard InChI is InChI=1S/C28H44F3N3O/c1-27(2,26(35)6-4-5-14-32)22-9-7-21(8-10-22)13-15-33-16-18-34(19-17-33)25-20-23(28(3,30)31)11-12-24(25)29/h11,21-22,24-25H,4-10,12-13,15-20H2,1-3H3. The van der Waals surface area contributed by atoms with Gasteiger partial charge in [0.05, 0.1) is 6.07 Å². The minimum Gasteiger partial charge on any atom is -0.301 e. The van der Waals surface area contributed by atoms with Crippen LogP contribution < -0.4 is 0 Å². The zero-order valence-corrected chi connectivity index (χ0v) is 21.9. The summed E-state index contributed by atoms with van der Waals surface area (Å²) in [5.74, 6) is -1.45. The van der Waals surface area contributed by atoms with Crippen molar-refractivity contribution in [2.24, 2.45) is 17.3 Å². The second kappa shape index (κ2) is 12.2. The van der Waals surface area contributed by atoms with Gasteiger partial charge in [0, 0.05) is 57.4 Å². The molecule has 2 fully saturated rings. The Labute approximate surface area is 209 Å². The van der Waals surface area contributed by atoms with Crippen molar-refractivity contribution in [3.8, 4) is 6.07 Å². The van der Waals surface area contributed by atoms with E-state index >= 15 is 0 Å². The molecule has 0 spiro atoms. The van der Waals surface area contributed by atoms with E-state index in [4.69, 9.17) is 5.26 Å². The number of piperazine rings is 1. The van der Waals surface area contributed by atoms with Crippen molar-refractivity contribution in [2.45, 2.75) is 103 Å². The fourth-order valence-electron chi connectivity index (χ4n) is 6.30. The lowest BCUT2D eigenvalue weighted by Crippen LogP contribution is -2.54. The molecule has 0 amide bonds. The van der Waals surface area contributed by atoms with Crippen LogP contribution in [0.15, 0.2) is 11.6 Å². The second-order valence-electron chi connectivity index (χ2n) is 11.7. The highest BCUT2D eigenvalue weighted by Gasteiger charge is 2.40. The average molecular weight is 496 g/mol. The molecule has 198 valence electrons. The van der Waals surface area contributed by atoms with Crippen molar-refractivity contribution in [1.29, 1.82) is 5.26 Å². The third kappa shape index (κ3) is 7.55. The van der Waals surface area contributed by atoms with Crippen molar-refractivity contribution in [1.82, 2.24) is 9.80 Å². The zero-order chi connectivity index (χ0) is 25.6. The molecule has 2 aliphatic carbocycles. The third-order valence-corrected chi connectivity index (χ3v) is 9.01. The van der Waals surface area contributed by atoms with Gasteiger partial charge in [-0.15, -0.1) is 0 Å². The number of alkyl halides is 3. The van der Waals surface area contributed by atoms with E-state index in [2.05, 4.69) is 29.7 Å². The van der Waals surface area contributed by atoms with Crippen molar-refractivity contribution in [2.75, 3.05) is 32.7 Å². The first-order valence-electron chi connectivity index (χ1n) is 13.6. The van der Waals surface area contributed by atoms with Crippen LogP contribution in [0.1, 0.15) is 85.0 Å². The summed E-state index contributed by atoms with van der Waals surface area (Å²) in [6.07, 6.45) is 7.82. The monoisotopic (exact) mass is 495 g/mol. The molecule has 0 radical (unpaired) electrons. The van der Waals surface area contributed by atoms with Crippen molar-refractivity contribution >= 4 is 5.78 Å². The molecule has 0 aromatic rings. The number of allylic oxidation sites excluding steroid dienone is 1. The smallest absolute Gasteiger partial charge is 0.266 e. The van der Waals surface area contributed by atoms with Crippen LogP contribution in [0.25, 0.3) is 0 Å². The summed E-state index contributed by atoms with van der Waals surface area (Å²) >= 11 is 0. The van der Waals surface area contributed by atoms with Crippen molar-refractivity contribution in [3.63, 3.8) is 0 Å². The number of hydrogen-bond acceptors (Lipinski definition) is 4. The summed E-state index contributed by atoms with van der Waals surface area (Å²) in [5.41, 5.74) is -0.220. The average Bonchev–Trinajstić information content (AvgIpc) is 2.83. The van der Waals surface area contributed by atoms with Gasteiger partial charge in [-0.3, -0.25) is 9.69 Å². The van der Waals surface area contributed by atoms with Crippen LogP contribution >= 0.6 is 0 Å². The Balaban J connectivity index is 1.37. The summed E-state index contributed by atoms with van der Waals surface area (Å²) in [4.78, 5) is 17.2. The molecule has 3 rings (SSSR count). The number of unbranched alkanes of at least 4 members (excludes halogenated alkanes) is 1. The van der Waals surface area contributed by atoms with E-state index in [1.54, 1.807) is 0 Å². The van der Waals surface area contributed by atoms with Gasteiger partial charge in [0.1, 0.15) is 12.0 Å². The number of hydrogen-bond donors (Lipinski definition) is 0. The first-order chi connectivity index (χ1) is 16.5. The van der Waals surface area contributed by atoms with Gasteiger partial charge in [0.15, 0.2) is 0 Å². The molecule has 2 atom stereocenters. The van der Waals surface area contributed by atoms with E-state index in [0.717, 1.165) is 71.8 Å². The number of carbonyl (C=O) groups excluding carboxylic acids is 1. The Hall–Kier alpha value is -1.39. The number of Topliss-reactive ketones (excluding diaryl/α,β-unsaturated/α-hetero) is 1. The number of ketones is 1. The molecular weight excluding hydrogens is 451 g/mol. The highest BCUT2D eigenvalue weighted by molar-refractivity contribution is 5.84. The fourth-order valence-corrected chi connectivity index (χ4v) is 6.30. The Morgan fingerprint density at radius 1 is 1.11 bits per heavy atom. The van der Waals surface area contributed by atoms with Crippen LogP contribution in [0.5, 0.6) is 0 Å². The molecule has 4 nitrogen and oxygen atoms in total. The second-order valence-corrected chi connectivity index (χ2v) is 11.7. The number of rotatable bonds is 10. The van der Waals surface area contributed by atoms with Crippen molar-refractivity contribution < 1.29 is 18.0 Å². The summed E-state index contributed by atoms with van der Waals surface area (Å²) in [6.45, 7) is 9.32. The predicted molar refractivity (Wildman–Crippen MR) is 133 cm³/mol. The van der Waals surface area contributed by atoms with Crippen LogP contribution in [-0.2, 0) is 4.79 Å². The largest absolute Gasteiger partial charge is 0.301 e. The van der Waals surface area contributed by atoms with Gasteiger partial charge < -0.3 is 4.90 Å². The number of nitriles is 1. The normalized spacial score (nSPS) is 29.5. The van der Waals surface area contributed by atoms with Crippen LogP contribution in [0, 0.1) is 28.6 Å². The van der Waals surface area contributed by atoms with E-state index < -0.39 is 18.1 Å². The van der Waals surface area contributed by atoms with Gasteiger partial charge in [-0.25, -0.2) is 13.2 Å². The first-order valence-corrected chi connectivity index (χ1v) is 13.6. The molecule has 1 saturated heterocycles. The topological polar surface area (TPSA) is 47.3 Å². The lowest BCUT2D eigenvalue weighted by Gasteiger charge is -2.43. The summed E-state index contributed by atoms with van der Waals surface area (Å²) in [7, 11) is 0. The molecule has 1 saturated carbocycles. The van der Waals surface area contributed by atoms with E-state index in [1.807, 2.05) is 0 Å². The molecule has 1 heterocycles. The number of nitrogens with zero attached hydrogens (tertiary/aromatic N) is 3. The van der Waals surface area contributed by atoms with E-state index in [0.29, 0.717) is 36.9 Å².